The molecule has 0 bridgehead atoms. The van der Waals surface area contributed by atoms with Gasteiger partial charge in [-0.3, -0.25) is 54.0 Å². The molecule has 9 amide bonds. The number of primary amides is 2. The van der Waals surface area contributed by atoms with Crippen molar-refractivity contribution in [1.29, 1.82) is 10.8 Å². The highest BCUT2D eigenvalue weighted by Gasteiger charge is 2.35. The maximum Gasteiger partial charge on any atom is 0.243 e. The number of rotatable bonds is 17. The predicted octanol–water partition coefficient (Wildman–Crippen LogP) is -4.23. The van der Waals surface area contributed by atoms with Crippen LogP contribution < -0.4 is 76.5 Å². The number of carbonyl (C=O) groups is 9. The van der Waals surface area contributed by atoms with E-state index in [2.05, 4.69) is 52.8 Å². The monoisotopic (exact) mass is 1000 g/mol. The van der Waals surface area contributed by atoms with Crippen LogP contribution >= 0.6 is 0 Å². The van der Waals surface area contributed by atoms with Crippen molar-refractivity contribution in [3.8, 4) is 0 Å². The van der Waals surface area contributed by atoms with Gasteiger partial charge in [-0.05, 0) is 62.1 Å². The smallest absolute Gasteiger partial charge is 0.243 e. The molecule has 3 aromatic rings. The van der Waals surface area contributed by atoms with Crippen molar-refractivity contribution in [3.05, 3.63) is 71.9 Å². The van der Waals surface area contributed by atoms with E-state index in [-0.39, 0.29) is 89.3 Å². The first-order chi connectivity index (χ1) is 34.3. The number of para-hydroxylation sites is 1. The van der Waals surface area contributed by atoms with Gasteiger partial charge < -0.3 is 81.5 Å². The molecule has 1 unspecified atom stereocenters. The molecule has 1 aliphatic heterocycles. The van der Waals surface area contributed by atoms with E-state index in [1.54, 1.807) is 54.7 Å². The Morgan fingerprint density at radius 2 is 1.26 bits per heavy atom. The topological polar surface area (TPSA) is 455 Å². The molecule has 2 aromatic carbocycles. The highest BCUT2D eigenvalue weighted by atomic mass is 16.2. The van der Waals surface area contributed by atoms with Crippen molar-refractivity contribution in [1.82, 2.24) is 52.8 Å². The number of aromatic nitrogens is 1. The Balaban J connectivity index is 1.74. The summed E-state index contributed by atoms with van der Waals surface area (Å²) >= 11 is 0. The van der Waals surface area contributed by atoms with Crippen molar-refractivity contribution >= 4 is 76.0 Å². The van der Waals surface area contributed by atoms with Gasteiger partial charge in [0, 0.05) is 56.0 Å². The molecule has 22 N–H and O–H groups in total. The minimum absolute atomic E-state index is 0.0545. The molecule has 26 nitrogen and oxygen atoms in total. The zero-order valence-electron chi connectivity index (χ0n) is 39.8. The van der Waals surface area contributed by atoms with Crippen molar-refractivity contribution in [2.24, 2.45) is 28.7 Å². The van der Waals surface area contributed by atoms with E-state index in [9.17, 15) is 43.2 Å². The maximum absolute atomic E-state index is 14.5. The van der Waals surface area contributed by atoms with Crippen LogP contribution in [-0.2, 0) is 56.0 Å². The third-order valence-corrected chi connectivity index (χ3v) is 11.6. The summed E-state index contributed by atoms with van der Waals surface area (Å²) in [5.74, 6) is -8.50. The molecular formula is C46H67N17O9. The Morgan fingerprint density at radius 1 is 0.681 bits per heavy atom. The number of guanidine groups is 2. The average Bonchev–Trinajstić information content (AvgIpc) is 3.74. The molecule has 0 aliphatic carbocycles. The molecule has 0 saturated carbocycles. The number of H-pyrrole nitrogens is 1. The molecule has 4 rings (SSSR count). The highest BCUT2D eigenvalue weighted by molar-refractivity contribution is 5.99. The second kappa shape index (κ2) is 28.4. The fourth-order valence-corrected chi connectivity index (χ4v) is 7.77. The largest absolute Gasteiger partial charge is 0.370 e. The second-order valence-electron chi connectivity index (χ2n) is 17.3. The van der Waals surface area contributed by atoms with Gasteiger partial charge in [-0.2, -0.15) is 0 Å². The Labute approximate surface area is 415 Å². The molecule has 26 heteroatoms. The van der Waals surface area contributed by atoms with E-state index in [1.165, 1.54) is 0 Å². The third kappa shape index (κ3) is 18.9. The lowest BCUT2D eigenvalue weighted by Gasteiger charge is -2.27. The number of benzene rings is 2. The van der Waals surface area contributed by atoms with Gasteiger partial charge in [0.2, 0.25) is 53.2 Å². The number of carbonyl (C=O) groups excluding carboxylic acids is 9. The number of nitrogens with two attached hydrogens (primary N) is 5. The number of nitrogens with one attached hydrogen (secondary N) is 12. The lowest BCUT2D eigenvalue weighted by molar-refractivity contribution is -0.136. The quantitative estimate of drug-likeness (QED) is 0.0346. The molecule has 72 heavy (non-hydrogen) atoms. The van der Waals surface area contributed by atoms with Gasteiger partial charge in [0.05, 0.1) is 12.5 Å². The molecule has 1 saturated heterocycles. The van der Waals surface area contributed by atoms with Crippen LogP contribution in [0.15, 0.2) is 60.8 Å². The first-order valence-corrected chi connectivity index (χ1v) is 23.5. The molecule has 1 aliphatic rings. The van der Waals surface area contributed by atoms with Crippen LogP contribution in [0.25, 0.3) is 10.9 Å². The Morgan fingerprint density at radius 3 is 1.93 bits per heavy atom. The zero-order valence-corrected chi connectivity index (χ0v) is 39.8. The van der Waals surface area contributed by atoms with E-state index in [1.807, 2.05) is 6.07 Å². The van der Waals surface area contributed by atoms with Gasteiger partial charge in [-0.1, -0.05) is 48.5 Å². The van der Waals surface area contributed by atoms with E-state index in [0.29, 0.717) is 17.5 Å². The summed E-state index contributed by atoms with van der Waals surface area (Å²) in [6.07, 6.45) is 0.462. The van der Waals surface area contributed by atoms with Crippen LogP contribution in [0.1, 0.15) is 68.9 Å². The number of hydrogen-bond acceptors (Lipinski definition) is 12. The summed E-state index contributed by atoms with van der Waals surface area (Å²) in [6, 6.07) is 5.78. The summed E-state index contributed by atoms with van der Waals surface area (Å²) in [4.78, 5) is 126. The standard InChI is InChI=1S/C46H67N17O9/c47-28(12-6-19-55-45(50)51)39(67)59-31-14-7-18-54-37(65)17-16-30(38(49)66)58-43(71)34(22-26-24-57-29-13-5-4-11-27(26)29)62-41(69)32(15-8-20-56-46(52)53)60-42(70)33(21-25-9-2-1-3-10-25)61-44(72)35(23-36(48)64)63-40(31)68/h1-5,9-11,13,24,28,30-35,57H,6-8,12,14-23,47H2,(H2,48,64)(H2,49,66)(H,54,65)(H,58,71)(H,59,67)(H,60,70)(H,61,72)(H,62,69)(H,63,68)(H4,50,51,55)(H4,52,53,56)/t28-,30?,31-,32-,33+,34-,35-/m0/s1. The number of aromatic amines is 1. The van der Waals surface area contributed by atoms with Gasteiger partial charge in [0.1, 0.15) is 36.3 Å². The lowest BCUT2D eigenvalue weighted by atomic mass is 10.0. The highest BCUT2D eigenvalue weighted by Crippen LogP contribution is 2.20. The van der Waals surface area contributed by atoms with Gasteiger partial charge in [0.25, 0.3) is 0 Å². The minimum atomic E-state index is -1.70. The number of hydrogen-bond donors (Lipinski definition) is 17. The van der Waals surface area contributed by atoms with Crippen LogP contribution in [0.5, 0.6) is 0 Å². The summed E-state index contributed by atoms with van der Waals surface area (Å²) in [7, 11) is 0. The Bertz CT molecular complexity index is 2420. The first kappa shape index (κ1) is 56.3. The van der Waals surface area contributed by atoms with Gasteiger partial charge in [-0.15, -0.1) is 0 Å². The second-order valence-corrected chi connectivity index (χ2v) is 17.3. The average molecular weight is 1000 g/mol. The lowest BCUT2D eigenvalue weighted by Crippen LogP contribution is -2.60. The molecule has 0 radical (unpaired) electrons. The molecule has 2 heterocycles. The SMILES string of the molecule is N=C(N)NCCC[C@@H]1NC(=O)[C@@H](Cc2ccccc2)NC(=O)[C@H](CC(N)=O)NC(=O)[C@@H](NC(=O)[C@@H](N)CCCNC(=N)N)CCCNC(=O)CCC(C(N)=O)NC(=O)[C@H](Cc2c[nH]c3ccccc23)NC1=O. The maximum atomic E-state index is 14.5. The minimum Gasteiger partial charge on any atom is -0.370 e. The van der Waals surface area contributed by atoms with Gasteiger partial charge >= 0.3 is 0 Å². The Hall–Kier alpha value is -8.29. The molecule has 1 aromatic heterocycles. The zero-order chi connectivity index (χ0) is 52.7. The summed E-state index contributed by atoms with van der Waals surface area (Å²) in [6.45, 7) is 0.270. The summed E-state index contributed by atoms with van der Waals surface area (Å²) in [5.41, 5.74) is 30.1. The first-order valence-electron chi connectivity index (χ1n) is 23.5. The summed E-state index contributed by atoms with van der Waals surface area (Å²) in [5, 5.41) is 39.1. The van der Waals surface area contributed by atoms with E-state index in [0.717, 1.165) is 10.9 Å². The third-order valence-electron chi connectivity index (χ3n) is 11.6. The van der Waals surface area contributed by atoms with Crippen molar-refractivity contribution < 1.29 is 43.2 Å². The molecule has 1 fully saturated rings. The van der Waals surface area contributed by atoms with Crippen molar-refractivity contribution in [2.75, 3.05) is 19.6 Å². The van der Waals surface area contributed by atoms with Crippen LogP contribution in [0.2, 0.25) is 0 Å². The molecule has 0 spiro atoms. The van der Waals surface area contributed by atoms with Crippen LogP contribution in [0, 0.1) is 10.8 Å². The summed E-state index contributed by atoms with van der Waals surface area (Å²) < 4.78 is 0. The predicted molar refractivity (Wildman–Crippen MR) is 264 cm³/mol. The van der Waals surface area contributed by atoms with E-state index >= 15 is 0 Å². The van der Waals surface area contributed by atoms with E-state index in [4.69, 9.17) is 39.5 Å². The van der Waals surface area contributed by atoms with Crippen LogP contribution in [0.3, 0.4) is 0 Å². The van der Waals surface area contributed by atoms with Crippen molar-refractivity contribution in [3.63, 3.8) is 0 Å². The normalized spacial score (nSPS) is 21.5. The van der Waals surface area contributed by atoms with Crippen LogP contribution in [0.4, 0.5) is 0 Å². The fourth-order valence-electron chi connectivity index (χ4n) is 7.77. The van der Waals surface area contributed by atoms with Gasteiger partial charge in [0.15, 0.2) is 11.9 Å². The fraction of sp³-hybridized carbons (Fsp3) is 0.457. The Kier molecular flexibility index (Phi) is 22.2. The number of amides is 9. The van der Waals surface area contributed by atoms with Gasteiger partial charge in [-0.25, -0.2) is 0 Å². The molecule has 390 valence electrons. The van der Waals surface area contributed by atoms with Crippen molar-refractivity contribution in [2.45, 2.75) is 113 Å². The van der Waals surface area contributed by atoms with Crippen LogP contribution in [-0.4, -0.2) is 132 Å². The molecular weight excluding hydrogens is 935 g/mol. The number of fused-ring (bicyclic) bond motifs is 1. The van der Waals surface area contributed by atoms with E-state index < -0.39 is 102 Å². The molecule has 7 atom stereocenters.